The molecule has 0 bridgehead atoms. The van der Waals surface area contributed by atoms with E-state index in [1.165, 1.54) is 18.4 Å². The van der Waals surface area contributed by atoms with E-state index in [0.29, 0.717) is 6.79 Å². The first-order valence-electron chi connectivity index (χ1n) is 7.62. The summed E-state index contributed by atoms with van der Waals surface area (Å²) in [6.07, 6.45) is 3.47. The van der Waals surface area contributed by atoms with Gasteiger partial charge < -0.3 is 14.4 Å². The maximum absolute atomic E-state index is 5.49. The lowest BCUT2D eigenvalue weighted by molar-refractivity contribution is 0.174. The second kappa shape index (κ2) is 5.43. The largest absolute Gasteiger partial charge is 0.454 e. The van der Waals surface area contributed by atoms with Crippen LogP contribution in [0, 0.1) is 5.41 Å². The van der Waals surface area contributed by atoms with Crippen LogP contribution in [-0.4, -0.2) is 30.1 Å². The number of rotatable bonds is 3. The standard InChI is InChI=1S/C16H19N3O2S/c1-16(5-2-6-19(9-16)15-18-17-10-22-15)8-12-3-4-13-14(7-12)21-11-20-13/h3-4,7,10H,2,5-6,8-9,11H2,1H3. The molecule has 4 rings (SSSR count). The SMILES string of the molecule is CC1(Cc2ccc3c(c2)OCO3)CCCN(c2nncs2)C1. The molecular formula is C16H19N3O2S. The molecule has 1 saturated heterocycles. The summed E-state index contributed by atoms with van der Waals surface area (Å²) in [6.45, 7) is 4.80. The second-order valence-corrected chi connectivity index (χ2v) is 7.23. The zero-order chi connectivity index (χ0) is 15.0. The van der Waals surface area contributed by atoms with Crippen LogP contribution in [0.15, 0.2) is 23.7 Å². The fourth-order valence-electron chi connectivity index (χ4n) is 3.47. The molecule has 1 aromatic heterocycles. The predicted molar refractivity (Wildman–Crippen MR) is 85.7 cm³/mol. The van der Waals surface area contributed by atoms with Crippen molar-refractivity contribution < 1.29 is 9.47 Å². The molecule has 116 valence electrons. The molecule has 1 fully saturated rings. The van der Waals surface area contributed by atoms with E-state index >= 15 is 0 Å². The molecule has 3 heterocycles. The van der Waals surface area contributed by atoms with Gasteiger partial charge in [-0.3, -0.25) is 0 Å². The van der Waals surface area contributed by atoms with Crippen molar-refractivity contribution in [2.45, 2.75) is 26.2 Å². The van der Waals surface area contributed by atoms with E-state index in [1.54, 1.807) is 16.8 Å². The minimum Gasteiger partial charge on any atom is -0.454 e. The number of fused-ring (bicyclic) bond motifs is 1. The lowest BCUT2D eigenvalue weighted by Gasteiger charge is -2.40. The van der Waals surface area contributed by atoms with Crippen molar-refractivity contribution in [3.63, 3.8) is 0 Å². The Morgan fingerprint density at radius 1 is 1.32 bits per heavy atom. The molecule has 1 unspecified atom stereocenters. The molecule has 2 aromatic rings. The first-order chi connectivity index (χ1) is 10.7. The van der Waals surface area contributed by atoms with Gasteiger partial charge in [-0.05, 0) is 42.4 Å². The van der Waals surface area contributed by atoms with Crippen LogP contribution in [-0.2, 0) is 6.42 Å². The maximum Gasteiger partial charge on any atom is 0.231 e. The molecule has 1 aromatic carbocycles. The Labute approximate surface area is 133 Å². The van der Waals surface area contributed by atoms with Gasteiger partial charge in [0.05, 0.1) is 0 Å². The summed E-state index contributed by atoms with van der Waals surface area (Å²) < 4.78 is 10.9. The monoisotopic (exact) mass is 317 g/mol. The van der Waals surface area contributed by atoms with E-state index in [2.05, 4.69) is 34.2 Å². The smallest absolute Gasteiger partial charge is 0.231 e. The highest BCUT2D eigenvalue weighted by atomic mass is 32.1. The molecule has 2 aliphatic rings. The number of piperidine rings is 1. The fourth-order valence-corrected chi connectivity index (χ4v) is 4.06. The minimum atomic E-state index is 0.248. The number of nitrogens with zero attached hydrogens (tertiary/aromatic N) is 3. The van der Waals surface area contributed by atoms with Gasteiger partial charge in [0.2, 0.25) is 11.9 Å². The van der Waals surface area contributed by atoms with Gasteiger partial charge in [-0.25, -0.2) is 0 Å². The van der Waals surface area contributed by atoms with Crippen LogP contribution in [0.5, 0.6) is 11.5 Å². The van der Waals surface area contributed by atoms with E-state index in [0.717, 1.165) is 36.1 Å². The summed E-state index contributed by atoms with van der Waals surface area (Å²) in [5, 5.41) is 9.22. The number of benzene rings is 1. The van der Waals surface area contributed by atoms with E-state index in [1.807, 2.05) is 6.07 Å². The molecule has 0 radical (unpaired) electrons. The molecule has 0 amide bonds. The quantitative estimate of drug-likeness (QED) is 0.870. The number of hydrogen-bond donors (Lipinski definition) is 0. The lowest BCUT2D eigenvalue weighted by Crippen LogP contribution is -2.42. The number of hydrogen-bond acceptors (Lipinski definition) is 6. The Balaban J connectivity index is 1.51. The zero-order valence-electron chi connectivity index (χ0n) is 12.6. The molecule has 0 N–H and O–H groups in total. The summed E-state index contributed by atoms with van der Waals surface area (Å²) in [5.41, 5.74) is 3.36. The van der Waals surface area contributed by atoms with Crippen LogP contribution in [0.4, 0.5) is 5.13 Å². The van der Waals surface area contributed by atoms with Gasteiger partial charge in [0.1, 0.15) is 5.51 Å². The van der Waals surface area contributed by atoms with Gasteiger partial charge in [-0.15, -0.1) is 10.2 Å². The normalized spacial score (nSPS) is 23.8. The van der Waals surface area contributed by atoms with E-state index in [-0.39, 0.29) is 5.41 Å². The average Bonchev–Trinajstić information content (AvgIpc) is 3.18. The van der Waals surface area contributed by atoms with Crippen LogP contribution in [0.2, 0.25) is 0 Å². The third-order valence-electron chi connectivity index (χ3n) is 4.47. The van der Waals surface area contributed by atoms with Crippen molar-refractivity contribution in [3.05, 3.63) is 29.3 Å². The summed E-state index contributed by atoms with van der Waals surface area (Å²) in [7, 11) is 0. The van der Waals surface area contributed by atoms with Gasteiger partial charge in [-0.1, -0.05) is 24.3 Å². The fraction of sp³-hybridized carbons (Fsp3) is 0.500. The number of ether oxygens (including phenoxy) is 2. The summed E-state index contributed by atoms with van der Waals surface area (Å²) in [5.74, 6) is 1.73. The van der Waals surface area contributed by atoms with Crippen molar-refractivity contribution >= 4 is 16.5 Å². The van der Waals surface area contributed by atoms with Gasteiger partial charge in [0.25, 0.3) is 0 Å². The zero-order valence-corrected chi connectivity index (χ0v) is 13.4. The first-order valence-corrected chi connectivity index (χ1v) is 8.50. The predicted octanol–water partition coefficient (Wildman–Crippen LogP) is 3.12. The van der Waals surface area contributed by atoms with Crippen molar-refractivity contribution in [3.8, 4) is 11.5 Å². The molecular weight excluding hydrogens is 298 g/mol. The summed E-state index contributed by atoms with van der Waals surface area (Å²) >= 11 is 1.62. The molecule has 5 nitrogen and oxygen atoms in total. The van der Waals surface area contributed by atoms with Crippen molar-refractivity contribution in [1.29, 1.82) is 0 Å². The van der Waals surface area contributed by atoms with Crippen LogP contribution in [0.3, 0.4) is 0 Å². The minimum absolute atomic E-state index is 0.248. The van der Waals surface area contributed by atoms with Gasteiger partial charge in [0.15, 0.2) is 11.5 Å². The molecule has 1 atom stereocenters. The lowest BCUT2D eigenvalue weighted by atomic mass is 9.77. The number of aromatic nitrogens is 2. The van der Waals surface area contributed by atoms with Gasteiger partial charge in [-0.2, -0.15) is 0 Å². The topological polar surface area (TPSA) is 47.5 Å². The first kappa shape index (κ1) is 13.8. The number of anilines is 1. The molecule has 2 aliphatic heterocycles. The van der Waals surface area contributed by atoms with Gasteiger partial charge in [0, 0.05) is 13.1 Å². The summed E-state index contributed by atoms with van der Waals surface area (Å²) in [6, 6.07) is 6.30. The van der Waals surface area contributed by atoms with Crippen LogP contribution < -0.4 is 14.4 Å². The second-order valence-electron chi connectivity index (χ2n) is 6.42. The Morgan fingerprint density at radius 2 is 2.23 bits per heavy atom. The van der Waals surface area contributed by atoms with Crippen LogP contribution in [0.25, 0.3) is 0 Å². The van der Waals surface area contributed by atoms with Crippen molar-refractivity contribution in [2.75, 3.05) is 24.8 Å². The Hall–Kier alpha value is -1.82. The molecule has 0 spiro atoms. The molecule has 6 heteroatoms. The highest BCUT2D eigenvalue weighted by Crippen LogP contribution is 2.38. The van der Waals surface area contributed by atoms with Crippen LogP contribution >= 0.6 is 11.3 Å². The Kier molecular flexibility index (Phi) is 3.41. The Morgan fingerprint density at radius 3 is 3.09 bits per heavy atom. The van der Waals surface area contributed by atoms with E-state index in [4.69, 9.17) is 9.47 Å². The highest BCUT2D eigenvalue weighted by molar-refractivity contribution is 7.13. The maximum atomic E-state index is 5.49. The Bertz CT molecular complexity index is 661. The van der Waals surface area contributed by atoms with Crippen molar-refractivity contribution in [1.82, 2.24) is 10.2 Å². The van der Waals surface area contributed by atoms with E-state index in [9.17, 15) is 0 Å². The van der Waals surface area contributed by atoms with E-state index < -0.39 is 0 Å². The third kappa shape index (κ3) is 2.63. The van der Waals surface area contributed by atoms with Crippen molar-refractivity contribution in [2.24, 2.45) is 5.41 Å². The van der Waals surface area contributed by atoms with Gasteiger partial charge >= 0.3 is 0 Å². The van der Waals surface area contributed by atoms with Crippen LogP contribution in [0.1, 0.15) is 25.3 Å². The highest BCUT2D eigenvalue weighted by Gasteiger charge is 2.32. The molecule has 0 saturated carbocycles. The molecule has 22 heavy (non-hydrogen) atoms. The average molecular weight is 317 g/mol. The summed E-state index contributed by atoms with van der Waals surface area (Å²) in [4.78, 5) is 2.37. The molecule has 0 aliphatic carbocycles. The third-order valence-corrected chi connectivity index (χ3v) is 5.22.